The number of hydrogen-bond donors (Lipinski definition) is 2. The minimum Gasteiger partial charge on any atom is -0.306 e. The molecule has 2 aromatic heterocycles. The quantitative estimate of drug-likeness (QED) is 0.736. The number of nitrogens with one attached hydrogen (secondary N) is 2. The van der Waals surface area contributed by atoms with Crippen LogP contribution in [0.25, 0.3) is 10.9 Å². The Labute approximate surface area is 109 Å². The van der Waals surface area contributed by atoms with Gasteiger partial charge in [-0.3, -0.25) is 9.89 Å². The van der Waals surface area contributed by atoms with E-state index in [1.54, 1.807) is 18.3 Å². The van der Waals surface area contributed by atoms with Gasteiger partial charge in [-0.2, -0.15) is 5.10 Å². The van der Waals surface area contributed by atoms with Crippen LogP contribution in [0.3, 0.4) is 0 Å². The summed E-state index contributed by atoms with van der Waals surface area (Å²) < 4.78 is 0. The molecule has 0 atom stereocenters. The van der Waals surface area contributed by atoms with Crippen molar-refractivity contribution in [2.75, 3.05) is 5.32 Å². The lowest BCUT2D eigenvalue weighted by Crippen LogP contribution is -2.13. The molecule has 3 aromatic rings. The maximum atomic E-state index is 12.2. The predicted molar refractivity (Wildman–Crippen MR) is 73.0 cm³/mol. The summed E-state index contributed by atoms with van der Waals surface area (Å²) in [6.07, 6.45) is 1.69. The fraction of sp³-hybridized carbons (Fsp3) is 0.0714. The highest BCUT2D eigenvalue weighted by molar-refractivity contribution is 6.11. The SMILES string of the molecule is Cc1cccc(NC(=O)c2cccc3cn[nH]c23)n1. The van der Waals surface area contributed by atoms with Gasteiger partial charge in [0.1, 0.15) is 5.82 Å². The Morgan fingerprint density at radius 2 is 2.05 bits per heavy atom. The molecule has 0 aliphatic carbocycles. The van der Waals surface area contributed by atoms with Gasteiger partial charge in [-0.1, -0.05) is 18.2 Å². The molecule has 1 amide bonds. The van der Waals surface area contributed by atoms with E-state index in [1.807, 2.05) is 31.2 Å². The van der Waals surface area contributed by atoms with Gasteiger partial charge in [-0.15, -0.1) is 0 Å². The molecule has 1 aromatic carbocycles. The Bertz CT molecular complexity index is 748. The third-order valence-corrected chi connectivity index (χ3v) is 2.85. The van der Waals surface area contributed by atoms with Gasteiger partial charge in [-0.05, 0) is 25.1 Å². The number of carbonyl (C=O) groups excluding carboxylic acids is 1. The molecule has 0 radical (unpaired) electrons. The first-order chi connectivity index (χ1) is 9.24. The molecular formula is C14H12N4O. The number of aromatic nitrogens is 3. The van der Waals surface area contributed by atoms with Gasteiger partial charge in [0.25, 0.3) is 5.91 Å². The first kappa shape index (κ1) is 11.4. The Kier molecular flexibility index (Phi) is 2.72. The van der Waals surface area contributed by atoms with E-state index in [-0.39, 0.29) is 5.91 Å². The van der Waals surface area contributed by atoms with Crippen LogP contribution in [0.4, 0.5) is 5.82 Å². The summed E-state index contributed by atoms with van der Waals surface area (Å²) in [4.78, 5) is 16.5. The van der Waals surface area contributed by atoms with Crippen LogP contribution in [0.5, 0.6) is 0 Å². The minimum atomic E-state index is -0.201. The van der Waals surface area contributed by atoms with Gasteiger partial charge >= 0.3 is 0 Å². The number of aromatic amines is 1. The fourth-order valence-electron chi connectivity index (χ4n) is 1.95. The van der Waals surface area contributed by atoms with E-state index < -0.39 is 0 Å². The largest absolute Gasteiger partial charge is 0.306 e. The summed E-state index contributed by atoms with van der Waals surface area (Å²) in [6.45, 7) is 1.88. The molecule has 0 saturated heterocycles. The molecule has 5 heteroatoms. The molecular weight excluding hydrogens is 240 g/mol. The van der Waals surface area contributed by atoms with Crippen LogP contribution in [-0.4, -0.2) is 21.1 Å². The maximum absolute atomic E-state index is 12.2. The third kappa shape index (κ3) is 2.18. The molecule has 3 rings (SSSR count). The van der Waals surface area contributed by atoms with E-state index in [0.717, 1.165) is 16.6 Å². The van der Waals surface area contributed by atoms with E-state index in [2.05, 4.69) is 20.5 Å². The lowest BCUT2D eigenvalue weighted by atomic mass is 10.1. The summed E-state index contributed by atoms with van der Waals surface area (Å²) in [7, 11) is 0. The van der Waals surface area contributed by atoms with Crippen molar-refractivity contribution in [2.45, 2.75) is 6.92 Å². The molecule has 0 spiro atoms. The number of amides is 1. The van der Waals surface area contributed by atoms with Crippen molar-refractivity contribution < 1.29 is 4.79 Å². The van der Waals surface area contributed by atoms with Gasteiger partial charge in [-0.25, -0.2) is 4.98 Å². The van der Waals surface area contributed by atoms with Crippen LogP contribution in [0.2, 0.25) is 0 Å². The van der Waals surface area contributed by atoms with Crippen LogP contribution in [0, 0.1) is 6.92 Å². The fourth-order valence-corrected chi connectivity index (χ4v) is 1.95. The minimum absolute atomic E-state index is 0.201. The lowest BCUT2D eigenvalue weighted by Gasteiger charge is -2.05. The second-order valence-electron chi connectivity index (χ2n) is 4.26. The van der Waals surface area contributed by atoms with Crippen molar-refractivity contribution in [3.05, 3.63) is 53.9 Å². The topological polar surface area (TPSA) is 70.7 Å². The molecule has 94 valence electrons. The lowest BCUT2D eigenvalue weighted by molar-refractivity contribution is 0.102. The van der Waals surface area contributed by atoms with E-state index in [1.165, 1.54) is 0 Å². The monoisotopic (exact) mass is 252 g/mol. The van der Waals surface area contributed by atoms with Crippen molar-refractivity contribution in [3.63, 3.8) is 0 Å². The normalized spacial score (nSPS) is 10.6. The smallest absolute Gasteiger partial charge is 0.259 e. The molecule has 19 heavy (non-hydrogen) atoms. The number of benzene rings is 1. The van der Waals surface area contributed by atoms with E-state index >= 15 is 0 Å². The molecule has 5 nitrogen and oxygen atoms in total. The second-order valence-corrected chi connectivity index (χ2v) is 4.26. The number of anilines is 1. The van der Waals surface area contributed by atoms with Gasteiger partial charge in [0.2, 0.25) is 0 Å². The highest BCUT2D eigenvalue weighted by Crippen LogP contribution is 2.16. The zero-order valence-corrected chi connectivity index (χ0v) is 10.3. The van der Waals surface area contributed by atoms with Crippen molar-refractivity contribution >= 4 is 22.6 Å². The first-order valence-electron chi connectivity index (χ1n) is 5.91. The summed E-state index contributed by atoms with van der Waals surface area (Å²) >= 11 is 0. The van der Waals surface area contributed by atoms with Crippen LogP contribution in [0.1, 0.15) is 16.1 Å². The Morgan fingerprint density at radius 1 is 1.21 bits per heavy atom. The van der Waals surface area contributed by atoms with Crippen LogP contribution in [0.15, 0.2) is 42.6 Å². The molecule has 0 unspecified atom stereocenters. The Morgan fingerprint density at radius 3 is 2.89 bits per heavy atom. The molecule has 2 heterocycles. The van der Waals surface area contributed by atoms with Gasteiger partial charge in [0.15, 0.2) is 0 Å². The average Bonchev–Trinajstić information content (AvgIpc) is 2.86. The van der Waals surface area contributed by atoms with Crippen molar-refractivity contribution in [1.29, 1.82) is 0 Å². The second kappa shape index (κ2) is 4.53. The predicted octanol–water partition coefficient (Wildman–Crippen LogP) is 2.52. The average molecular weight is 252 g/mol. The summed E-state index contributed by atoms with van der Waals surface area (Å²) in [5.74, 6) is 0.342. The number of aryl methyl sites for hydroxylation is 1. The summed E-state index contributed by atoms with van der Waals surface area (Å²) in [5.41, 5.74) is 2.14. The number of fused-ring (bicyclic) bond motifs is 1. The van der Waals surface area contributed by atoms with Crippen LogP contribution in [-0.2, 0) is 0 Å². The van der Waals surface area contributed by atoms with Crippen molar-refractivity contribution in [3.8, 4) is 0 Å². The summed E-state index contributed by atoms with van der Waals surface area (Å²) in [5, 5.41) is 10.5. The number of rotatable bonds is 2. The van der Waals surface area contributed by atoms with E-state index in [9.17, 15) is 4.79 Å². The summed E-state index contributed by atoms with van der Waals surface area (Å²) in [6, 6.07) is 11.0. The number of carbonyl (C=O) groups is 1. The number of para-hydroxylation sites is 1. The Hall–Kier alpha value is -2.69. The van der Waals surface area contributed by atoms with Gasteiger partial charge in [0.05, 0.1) is 17.3 Å². The van der Waals surface area contributed by atoms with Gasteiger partial charge < -0.3 is 5.32 Å². The number of H-pyrrole nitrogens is 1. The zero-order chi connectivity index (χ0) is 13.2. The molecule has 0 saturated carbocycles. The number of nitrogens with zero attached hydrogens (tertiary/aromatic N) is 2. The molecule has 0 bridgehead atoms. The molecule has 0 fully saturated rings. The molecule has 0 aliphatic heterocycles. The third-order valence-electron chi connectivity index (χ3n) is 2.85. The first-order valence-corrected chi connectivity index (χ1v) is 5.91. The Balaban J connectivity index is 1.94. The number of pyridine rings is 1. The molecule has 0 aliphatic rings. The van der Waals surface area contributed by atoms with Crippen LogP contribution < -0.4 is 5.32 Å². The van der Waals surface area contributed by atoms with E-state index in [4.69, 9.17) is 0 Å². The van der Waals surface area contributed by atoms with Crippen molar-refractivity contribution in [1.82, 2.24) is 15.2 Å². The zero-order valence-electron chi connectivity index (χ0n) is 10.3. The van der Waals surface area contributed by atoms with Crippen molar-refractivity contribution in [2.24, 2.45) is 0 Å². The molecule has 2 N–H and O–H groups in total. The van der Waals surface area contributed by atoms with Gasteiger partial charge in [0, 0.05) is 11.1 Å². The highest BCUT2D eigenvalue weighted by Gasteiger charge is 2.11. The highest BCUT2D eigenvalue weighted by atomic mass is 16.1. The van der Waals surface area contributed by atoms with Crippen LogP contribution >= 0.6 is 0 Å². The maximum Gasteiger partial charge on any atom is 0.259 e. The van der Waals surface area contributed by atoms with E-state index in [0.29, 0.717) is 11.4 Å². The number of hydrogen-bond acceptors (Lipinski definition) is 3. The standard InChI is InChI=1S/C14H12N4O/c1-9-4-2-7-12(16-9)17-14(19)11-6-3-5-10-8-15-18-13(10)11/h2-8H,1H3,(H,15,18)(H,16,17,19).